The summed E-state index contributed by atoms with van der Waals surface area (Å²) >= 11 is 0. The number of furan rings is 1. The highest BCUT2D eigenvalue weighted by Gasteiger charge is 2.31. The Morgan fingerprint density at radius 2 is 2.13 bits per heavy atom. The van der Waals surface area contributed by atoms with E-state index in [1.807, 2.05) is 36.4 Å². The maximum atomic E-state index is 12.5. The van der Waals surface area contributed by atoms with Crippen LogP contribution in [0.5, 0.6) is 0 Å². The number of hydrogen-bond acceptors (Lipinski definition) is 4. The Labute approximate surface area is 133 Å². The zero-order valence-electron chi connectivity index (χ0n) is 12.4. The lowest BCUT2D eigenvalue weighted by atomic mass is 10.0. The standard InChI is InChI=1S/C18H16N2O3/c21-18(16-10-12-4-1-2-6-15(12)23-16)20-14-7-9-22-17(14)13-5-3-8-19-11-13/h1-6,8,10-11,14,17H,7,9H2,(H,20,21)/t14-,17+/m0/s1. The van der Waals surface area contributed by atoms with Crippen LogP contribution in [0.2, 0.25) is 0 Å². The van der Waals surface area contributed by atoms with Gasteiger partial charge in [-0.15, -0.1) is 0 Å². The molecule has 0 bridgehead atoms. The summed E-state index contributed by atoms with van der Waals surface area (Å²) in [7, 11) is 0. The fourth-order valence-corrected chi connectivity index (χ4v) is 2.94. The summed E-state index contributed by atoms with van der Waals surface area (Å²) in [5.74, 6) is 0.105. The Hall–Kier alpha value is -2.66. The van der Waals surface area contributed by atoms with Crippen molar-refractivity contribution in [3.63, 3.8) is 0 Å². The van der Waals surface area contributed by atoms with E-state index in [9.17, 15) is 4.79 Å². The van der Waals surface area contributed by atoms with Crippen molar-refractivity contribution in [2.45, 2.75) is 18.6 Å². The lowest BCUT2D eigenvalue weighted by Crippen LogP contribution is -2.36. The average molecular weight is 308 g/mol. The number of benzene rings is 1. The lowest BCUT2D eigenvalue weighted by molar-refractivity contribution is 0.0802. The number of rotatable bonds is 3. The van der Waals surface area contributed by atoms with E-state index in [0.717, 1.165) is 17.4 Å². The van der Waals surface area contributed by atoms with E-state index in [0.29, 0.717) is 18.0 Å². The Bertz CT molecular complexity index is 795. The predicted octanol–water partition coefficient (Wildman–Crippen LogP) is 3.09. The normalized spacial score (nSPS) is 20.7. The quantitative estimate of drug-likeness (QED) is 0.807. The molecule has 1 N–H and O–H groups in total. The van der Waals surface area contributed by atoms with Crippen LogP contribution in [0.3, 0.4) is 0 Å². The third-order valence-corrected chi connectivity index (χ3v) is 4.07. The van der Waals surface area contributed by atoms with Gasteiger partial charge in [0.1, 0.15) is 11.7 Å². The van der Waals surface area contributed by atoms with Crippen LogP contribution in [0.4, 0.5) is 0 Å². The van der Waals surface area contributed by atoms with Crippen LogP contribution in [0.15, 0.2) is 59.3 Å². The van der Waals surface area contributed by atoms with Crippen molar-refractivity contribution in [1.82, 2.24) is 10.3 Å². The number of carbonyl (C=O) groups is 1. The molecule has 116 valence electrons. The minimum atomic E-state index is -0.217. The van der Waals surface area contributed by atoms with E-state index in [1.54, 1.807) is 18.5 Å². The van der Waals surface area contributed by atoms with Gasteiger partial charge >= 0.3 is 0 Å². The first-order valence-electron chi connectivity index (χ1n) is 7.62. The third kappa shape index (κ3) is 2.71. The zero-order valence-corrected chi connectivity index (χ0v) is 12.4. The molecule has 0 saturated carbocycles. The number of ether oxygens (including phenoxy) is 1. The van der Waals surface area contributed by atoms with Gasteiger partial charge in [0.05, 0.1) is 6.04 Å². The van der Waals surface area contributed by atoms with E-state index in [4.69, 9.17) is 9.15 Å². The summed E-state index contributed by atoms with van der Waals surface area (Å²) in [6.07, 6.45) is 4.10. The van der Waals surface area contributed by atoms with Crippen LogP contribution < -0.4 is 5.32 Å². The molecule has 4 rings (SSSR count). The highest BCUT2D eigenvalue weighted by Crippen LogP contribution is 2.29. The van der Waals surface area contributed by atoms with Crippen molar-refractivity contribution in [3.8, 4) is 0 Å². The van der Waals surface area contributed by atoms with Gasteiger partial charge in [0.25, 0.3) is 5.91 Å². The van der Waals surface area contributed by atoms with Crippen molar-refractivity contribution >= 4 is 16.9 Å². The number of aromatic nitrogens is 1. The molecule has 0 unspecified atom stereocenters. The number of nitrogens with zero attached hydrogens (tertiary/aromatic N) is 1. The minimum Gasteiger partial charge on any atom is -0.451 e. The van der Waals surface area contributed by atoms with Crippen LogP contribution in [0.1, 0.15) is 28.6 Å². The van der Waals surface area contributed by atoms with Crippen molar-refractivity contribution in [1.29, 1.82) is 0 Å². The molecule has 1 aromatic carbocycles. The largest absolute Gasteiger partial charge is 0.451 e. The molecule has 0 radical (unpaired) electrons. The third-order valence-electron chi connectivity index (χ3n) is 4.07. The molecule has 0 aliphatic carbocycles. The summed E-state index contributed by atoms with van der Waals surface area (Å²) in [6, 6.07) is 13.1. The van der Waals surface area contributed by atoms with Gasteiger partial charge in [-0.05, 0) is 24.6 Å². The second-order valence-electron chi connectivity index (χ2n) is 5.59. The molecule has 1 aliphatic heterocycles. The van der Waals surface area contributed by atoms with E-state index in [1.165, 1.54) is 0 Å². The van der Waals surface area contributed by atoms with Gasteiger partial charge in [-0.2, -0.15) is 0 Å². The maximum absolute atomic E-state index is 12.5. The van der Waals surface area contributed by atoms with Crippen LogP contribution in [0, 0.1) is 0 Å². The van der Waals surface area contributed by atoms with Gasteiger partial charge in [-0.3, -0.25) is 9.78 Å². The Morgan fingerprint density at radius 3 is 2.96 bits per heavy atom. The fourth-order valence-electron chi connectivity index (χ4n) is 2.94. The van der Waals surface area contributed by atoms with Crippen molar-refractivity contribution in [2.24, 2.45) is 0 Å². The van der Waals surface area contributed by atoms with Gasteiger partial charge in [0.15, 0.2) is 5.76 Å². The van der Waals surface area contributed by atoms with E-state index in [2.05, 4.69) is 10.3 Å². The summed E-state index contributed by atoms with van der Waals surface area (Å²) in [5, 5.41) is 3.94. The maximum Gasteiger partial charge on any atom is 0.287 e. The Morgan fingerprint density at radius 1 is 1.22 bits per heavy atom. The molecule has 1 amide bonds. The van der Waals surface area contributed by atoms with Crippen molar-refractivity contribution in [3.05, 3.63) is 66.2 Å². The molecule has 0 spiro atoms. The number of fused-ring (bicyclic) bond motifs is 1. The number of carbonyl (C=O) groups excluding carboxylic acids is 1. The second kappa shape index (κ2) is 5.85. The molecule has 5 heteroatoms. The molecule has 1 aliphatic rings. The van der Waals surface area contributed by atoms with Crippen LogP contribution in [-0.4, -0.2) is 23.5 Å². The van der Waals surface area contributed by atoms with Crippen molar-refractivity contribution in [2.75, 3.05) is 6.61 Å². The highest BCUT2D eigenvalue weighted by molar-refractivity contribution is 5.96. The van der Waals surface area contributed by atoms with Gasteiger partial charge in [0.2, 0.25) is 0 Å². The van der Waals surface area contributed by atoms with Gasteiger partial charge in [-0.25, -0.2) is 0 Å². The molecule has 1 saturated heterocycles. The minimum absolute atomic E-state index is 0.0834. The summed E-state index contributed by atoms with van der Waals surface area (Å²) in [6.45, 7) is 0.616. The molecule has 2 aromatic heterocycles. The number of para-hydroxylation sites is 1. The molecule has 1 fully saturated rings. The number of hydrogen-bond donors (Lipinski definition) is 1. The molecule has 3 heterocycles. The zero-order chi connectivity index (χ0) is 15.6. The summed E-state index contributed by atoms with van der Waals surface area (Å²) in [5.41, 5.74) is 1.68. The topological polar surface area (TPSA) is 64.4 Å². The predicted molar refractivity (Wildman–Crippen MR) is 85.0 cm³/mol. The van der Waals surface area contributed by atoms with Crippen LogP contribution in [0.25, 0.3) is 11.0 Å². The summed E-state index contributed by atoms with van der Waals surface area (Å²) < 4.78 is 11.4. The Kier molecular flexibility index (Phi) is 3.55. The molecule has 23 heavy (non-hydrogen) atoms. The number of pyridine rings is 1. The van der Waals surface area contributed by atoms with Gasteiger partial charge in [0, 0.05) is 30.0 Å². The first kappa shape index (κ1) is 14.0. The molecule has 5 nitrogen and oxygen atoms in total. The van der Waals surface area contributed by atoms with Crippen LogP contribution in [-0.2, 0) is 4.74 Å². The highest BCUT2D eigenvalue weighted by atomic mass is 16.5. The van der Waals surface area contributed by atoms with Gasteiger partial charge in [-0.1, -0.05) is 24.3 Å². The average Bonchev–Trinajstić information content (AvgIpc) is 3.22. The van der Waals surface area contributed by atoms with E-state index in [-0.39, 0.29) is 18.1 Å². The second-order valence-corrected chi connectivity index (χ2v) is 5.59. The fraction of sp³-hybridized carbons (Fsp3) is 0.222. The van der Waals surface area contributed by atoms with E-state index >= 15 is 0 Å². The lowest BCUT2D eigenvalue weighted by Gasteiger charge is -2.19. The SMILES string of the molecule is O=C(N[C@H]1CCO[C@@H]1c1cccnc1)c1cc2ccccc2o1. The number of amides is 1. The molecular formula is C18H16N2O3. The molecule has 2 atom stereocenters. The smallest absolute Gasteiger partial charge is 0.287 e. The number of nitrogens with one attached hydrogen (secondary N) is 1. The van der Waals surface area contributed by atoms with Crippen LogP contribution >= 0.6 is 0 Å². The van der Waals surface area contributed by atoms with Gasteiger partial charge < -0.3 is 14.5 Å². The first-order chi connectivity index (χ1) is 11.3. The first-order valence-corrected chi connectivity index (χ1v) is 7.62. The van der Waals surface area contributed by atoms with E-state index < -0.39 is 0 Å². The monoisotopic (exact) mass is 308 g/mol. The molecule has 3 aromatic rings. The Balaban J connectivity index is 1.53. The molecular weight excluding hydrogens is 292 g/mol. The van der Waals surface area contributed by atoms with Crippen molar-refractivity contribution < 1.29 is 13.9 Å². The summed E-state index contributed by atoms with van der Waals surface area (Å²) in [4.78, 5) is 16.6.